The molecular weight excluding hydrogens is 252 g/mol. The summed E-state index contributed by atoms with van der Waals surface area (Å²) in [5, 5.41) is 0. The minimum Gasteiger partial charge on any atom is -0.0654 e. The van der Waals surface area contributed by atoms with Crippen LogP contribution in [-0.4, -0.2) is 0 Å². The van der Waals surface area contributed by atoms with Gasteiger partial charge in [0, 0.05) is 0 Å². The van der Waals surface area contributed by atoms with Crippen molar-refractivity contribution in [3.05, 3.63) is 58.7 Å². The lowest BCUT2D eigenvalue weighted by molar-refractivity contribution is 0.595. The highest BCUT2D eigenvalue weighted by molar-refractivity contribution is 5.73. The summed E-state index contributed by atoms with van der Waals surface area (Å²) in [4.78, 5) is 0. The van der Waals surface area contributed by atoms with E-state index in [9.17, 15) is 0 Å². The highest BCUT2D eigenvalue weighted by Gasteiger charge is 2.18. The van der Waals surface area contributed by atoms with Crippen molar-refractivity contribution in [2.75, 3.05) is 0 Å². The summed E-state index contributed by atoms with van der Waals surface area (Å²) >= 11 is 0. The van der Waals surface area contributed by atoms with E-state index in [0.29, 0.717) is 0 Å². The molecule has 3 rings (SSSR count). The van der Waals surface area contributed by atoms with Gasteiger partial charge in [0.1, 0.15) is 0 Å². The van der Waals surface area contributed by atoms with Crippen LogP contribution in [0.15, 0.2) is 36.4 Å². The molecule has 21 heavy (non-hydrogen) atoms. The lowest BCUT2D eigenvalue weighted by atomic mass is 9.82. The molecule has 0 radical (unpaired) electrons. The van der Waals surface area contributed by atoms with Crippen molar-refractivity contribution in [2.45, 2.75) is 58.8 Å². The van der Waals surface area contributed by atoms with Gasteiger partial charge in [-0.05, 0) is 66.3 Å². The van der Waals surface area contributed by atoms with E-state index < -0.39 is 0 Å². The van der Waals surface area contributed by atoms with Crippen molar-refractivity contribution in [2.24, 2.45) is 0 Å². The van der Waals surface area contributed by atoms with E-state index in [1.165, 1.54) is 54.4 Å². The average Bonchev–Trinajstić information content (AvgIpc) is 2.51. The first kappa shape index (κ1) is 14.4. The molecule has 0 bridgehead atoms. The van der Waals surface area contributed by atoms with Crippen LogP contribution in [0.25, 0.3) is 11.1 Å². The summed E-state index contributed by atoms with van der Waals surface area (Å²) in [5.41, 5.74) is 8.93. The molecule has 0 spiro atoms. The molecule has 0 N–H and O–H groups in total. The Morgan fingerprint density at radius 1 is 0.905 bits per heavy atom. The lowest BCUT2D eigenvalue weighted by Gasteiger charge is -2.23. The standard InChI is InChI=1S/C21H26/c1-4-6-16(5-2)17-10-12-21-19(14-17)9-8-18-13-15(3)7-11-20(18)21/h7,10-14,16H,4-6,8-9H2,1-3H3. The van der Waals surface area contributed by atoms with Crippen molar-refractivity contribution in [1.82, 2.24) is 0 Å². The maximum Gasteiger partial charge on any atom is -0.0149 e. The van der Waals surface area contributed by atoms with E-state index in [2.05, 4.69) is 57.2 Å². The molecule has 2 aromatic carbocycles. The Bertz CT molecular complexity index is 636. The first-order chi connectivity index (χ1) is 10.2. The number of hydrogen-bond donors (Lipinski definition) is 0. The molecular formula is C21H26. The summed E-state index contributed by atoms with van der Waals surface area (Å²) in [6.07, 6.45) is 6.23. The molecule has 0 aliphatic heterocycles. The predicted octanol–water partition coefficient (Wildman–Crippen LogP) is 6.05. The van der Waals surface area contributed by atoms with Crippen LogP contribution in [0.4, 0.5) is 0 Å². The molecule has 110 valence electrons. The summed E-state index contributed by atoms with van der Waals surface area (Å²) in [6.45, 7) is 6.80. The quantitative estimate of drug-likeness (QED) is 0.638. The molecule has 0 nitrogen and oxygen atoms in total. The summed E-state index contributed by atoms with van der Waals surface area (Å²) in [7, 11) is 0. The van der Waals surface area contributed by atoms with Gasteiger partial charge in [-0.3, -0.25) is 0 Å². The Balaban J connectivity index is 2.00. The minimum atomic E-state index is 0.736. The molecule has 1 atom stereocenters. The van der Waals surface area contributed by atoms with Crippen LogP contribution in [0.2, 0.25) is 0 Å². The maximum atomic E-state index is 2.49. The Kier molecular flexibility index (Phi) is 4.14. The zero-order valence-electron chi connectivity index (χ0n) is 13.6. The highest BCUT2D eigenvalue weighted by atomic mass is 14.2. The molecule has 0 aromatic heterocycles. The molecule has 1 aliphatic carbocycles. The third kappa shape index (κ3) is 2.77. The third-order valence-electron chi connectivity index (χ3n) is 4.95. The van der Waals surface area contributed by atoms with Crippen LogP contribution in [0.5, 0.6) is 0 Å². The molecule has 2 aromatic rings. The van der Waals surface area contributed by atoms with E-state index in [-0.39, 0.29) is 0 Å². The summed E-state index contributed by atoms with van der Waals surface area (Å²) in [5.74, 6) is 0.736. The van der Waals surface area contributed by atoms with Crippen LogP contribution in [-0.2, 0) is 12.8 Å². The molecule has 0 saturated heterocycles. The Hall–Kier alpha value is -1.56. The molecule has 0 fully saturated rings. The van der Waals surface area contributed by atoms with E-state index in [1.807, 2.05) is 0 Å². The highest BCUT2D eigenvalue weighted by Crippen LogP contribution is 2.36. The normalized spacial score (nSPS) is 14.4. The van der Waals surface area contributed by atoms with Crippen LogP contribution in [0.1, 0.15) is 61.3 Å². The van der Waals surface area contributed by atoms with Crippen molar-refractivity contribution in [1.29, 1.82) is 0 Å². The second kappa shape index (κ2) is 6.05. The second-order valence-electron chi connectivity index (χ2n) is 6.47. The number of hydrogen-bond acceptors (Lipinski definition) is 0. The van der Waals surface area contributed by atoms with Gasteiger partial charge in [0.25, 0.3) is 0 Å². The Morgan fingerprint density at radius 2 is 1.57 bits per heavy atom. The van der Waals surface area contributed by atoms with E-state index in [1.54, 1.807) is 11.1 Å². The van der Waals surface area contributed by atoms with Gasteiger partial charge in [-0.15, -0.1) is 0 Å². The Labute approximate surface area is 129 Å². The van der Waals surface area contributed by atoms with E-state index in [0.717, 1.165) is 5.92 Å². The van der Waals surface area contributed by atoms with Crippen LogP contribution < -0.4 is 0 Å². The number of fused-ring (bicyclic) bond motifs is 3. The Morgan fingerprint density at radius 3 is 2.24 bits per heavy atom. The number of aryl methyl sites for hydroxylation is 3. The molecule has 0 heteroatoms. The van der Waals surface area contributed by atoms with Gasteiger partial charge < -0.3 is 0 Å². The summed E-state index contributed by atoms with van der Waals surface area (Å²) < 4.78 is 0. The van der Waals surface area contributed by atoms with Gasteiger partial charge in [-0.25, -0.2) is 0 Å². The monoisotopic (exact) mass is 278 g/mol. The maximum absolute atomic E-state index is 2.49. The number of rotatable bonds is 4. The van der Waals surface area contributed by atoms with E-state index >= 15 is 0 Å². The van der Waals surface area contributed by atoms with Crippen LogP contribution in [0, 0.1) is 6.92 Å². The van der Waals surface area contributed by atoms with Crippen molar-refractivity contribution in [3.8, 4) is 11.1 Å². The fourth-order valence-corrected chi connectivity index (χ4v) is 3.75. The zero-order valence-corrected chi connectivity index (χ0v) is 13.6. The van der Waals surface area contributed by atoms with Crippen molar-refractivity contribution >= 4 is 0 Å². The first-order valence-electron chi connectivity index (χ1n) is 8.45. The third-order valence-corrected chi connectivity index (χ3v) is 4.95. The van der Waals surface area contributed by atoms with Crippen LogP contribution >= 0.6 is 0 Å². The molecule has 1 aliphatic rings. The van der Waals surface area contributed by atoms with Crippen molar-refractivity contribution < 1.29 is 0 Å². The van der Waals surface area contributed by atoms with Gasteiger partial charge in [0.05, 0.1) is 0 Å². The fraction of sp³-hybridized carbons (Fsp3) is 0.429. The summed E-state index contributed by atoms with van der Waals surface area (Å²) in [6, 6.07) is 14.1. The molecule has 1 unspecified atom stereocenters. The van der Waals surface area contributed by atoms with Gasteiger partial charge in [-0.2, -0.15) is 0 Å². The van der Waals surface area contributed by atoms with Gasteiger partial charge in [-0.1, -0.05) is 62.2 Å². The lowest BCUT2D eigenvalue weighted by Crippen LogP contribution is -2.06. The number of benzene rings is 2. The largest absolute Gasteiger partial charge is 0.0654 e. The first-order valence-corrected chi connectivity index (χ1v) is 8.45. The smallest absolute Gasteiger partial charge is 0.0149 e. The average molecular weight is 278 g/mol. The molecule has 0 saturated carbocycles. The zero-order chi connectivity index (χ0) is 14.8. The second-order valence-corrected chi connectivity index (χ2v) is 6.47. The molecule has 0 heterocycles. The van der Waals surface area contributed by atoms with E-state index in [4.69, 9.17) is 0 Å². The predicted molar refractivity (Wildman–Crippen MR) is 92.0 cm³/mol. The topological polar surface area (TPSA) is 0 Å². The van der Waals surface area contributed by atoms with Gasteiger partial charge in [0.15, 0.2) is 0 Å². The van der Waals surface area contributed by atoms with Crippen molar-refractivity contribution in [3.63, 3.8) is 0 Å². The molecule has 0 amide bonds. The minimum absolute atomic E-state index is 0.736. The fourth-order valence-electron chi connectivity index (χ4n) is 3.75. The van der Waals surface area contributed by atoms with Gasteiger partial charge >= 0.3 is 0 Å². The SMILES string of the molecule is CCCC(CC)c1ccc2c(c1)CCc1cc(C)ccc1-2. The van der Waals surface area contributed by atoms with Gasteiger partial charge in [0.2, 0.25) is 0 Å². The van der Waals surface area contributed by atoms with Crippen LogP contribution in [0.3, 0.4) is 0 Å².